The van der Waals surface area contributed by atoms with E-state index in [4.69, 9.17) is 0 Å². The van der Waals surface area contributed by atoms with Crippen molar-refractivity contribution in [1.82, 2.24) is 10.2 Å². The maximum atomic E-state index is 14.6. The number of fused-ring (bicyclic) bond motifs is 2. The second-order valence-electron chi connectivity index (χ2n) is 8.47. The molecule has 8 heteroatoms. The van der Waals surface area contributed by atoms with Crippen molar-refractivity contribution in [2.24, 2.45) is 0 Å². The van der Waals surface area contributed by atoms with E-state index in [-0.39, 0.29) is 17.9 Å². The van der Waals surface area contributed by atoms with Crippen LogP contribution < -0.4 is 10.6 Å². The zero-order valence-corrected chi connectivity index (χ0v) is 17.8. The lowest BCUT2D eigenvalue weighted by atomic mass is 9.90. The zero-order valence-electron chi connectivity index (χ0n) is 17.8. The smallest absolute Gasteiger partial charge is 0.325 e. The lowest BCUT2D eigenvalue weighted by Crippen LogP contribution is -2.41. The van der Waals surface area contributed by atoms with Gasteiger partial charge in [0, 0.05) is 12.1 Å². The predicted molar refractivity (Wildman–Crippen MR) is 119 cm³/mol. The Balaban J connectivity index is 1.41. The van der Waals surface area contributed by atoms with Crippen LogP contribution in [0.2, 0.25) is 0 Å². The third kappa shape index (κ3) is 3.44. The molecule has 0 aliphatic carbocycles. The van der Waals surface area contributed by atoms with E-state index in [2.05, 4.69) is 10.6 Å². The molecule has 0 aromatic heterocycles. The van der Waals surface area contributed by atoms with E-state index in [0.717, 1.165) is 21.7 Å². The first-order valence-corrected chi connectivity index (χ1v) is 10.5. The molecule has 166 valence electrons. The molecule has 0 radical (unpaired) electrons. The fraction of sp³-hybridized carbons (Fsp3) is 0.200. The maximum Gasteiger partial charge on any atom is 0.325 e. The number of carbonyl (C=O) groups excluding carboxylic acids is 4. The Labute approximate surface area is 188 Å². The molecular weight excluding hydrogens is 425 g/mol. The van der Waals surface area contributed by atoms with Crippen molar-refractivity contribution >= 4 is 40.1 Å². The minimum Gasteiger partial charge on any atom is -0.326 e. The van der Waals surface area contributed by atoms with E-state index in [9.17, 15) is 23.6 Å². The first-order chi connectivity index (χ1) is 15.8. The van der Waals surface area contributed by atoms with Gasteiger partial charge in [-0.05, 0) is 53.4 Å². The Hall–Kier alpha value is -4.07. The number of nitrogens with one attached hydrogen (secondary N) is 2. The lowest BCUT2D eigenvalue weighted by Gasteiger charge is -2.23. The van der Waals surface area contributed by atoms with E-state index >= 15 is 0 Å². The van der Waals surface area contributed by atoms with Crippen LogP contribution in [0.4, 0.5) is 14.9 Å². The summed E-state index contributed by atoms with van der Waals surface area (Å²) in [6.07, 6.45) is 0.619. The van der Waals surface area contributed by atoms with Crippen molar-refractivity contribution in [3.05, 3.63) is 77.1 Å². The second kappa shape index (κ2) is 7.51. The molecule has 2 N–H and O–H groups in total. The van der Waals surface area contributed by atoms with Gasteiger partial charge in [0.15, 0.2) is 5.78 Å². The van der Waals surface area contributed by atoms with E-state index in [0.29, 0.717) is 23.2 Å². The van der Waals surface area contributed by atoms with Crippen LogP contribution in [0, 0.1) is 5.82 Å². The fourth-order valence-electron chi connectivity index (χ4n) is 4.38. The molecule has 2 aliphatic rings. The van der Waals surface area contributed by atoms with Crippen LogP contribution in [0.25, 0.3) is 10.8 Å². The minimum atomic E-state index is -1.35. The van der Waals surface area contributed by atoms with E-state index in [1.54, 1.807) is 13.0 Å². The number of carbonyl (C=O) groups is 4. The normalized spacial score (nSPS) is 19.9. The summed E-state index contributed by atoms with van der Waals surface area (Å²) in [6, 6.07) is 14.9. The highest BCUT2D eigenvalue weighted by molar-refractivity contribution is 6.11. The highest BCUT2D eigenvalue weighted by atomic mass is 19.1. The summed E-state index contributed by atoms with van der Waals surface area (Å²) >= 11 is 0. The molecule has 33 heavy (non-hydrogen) atoms. The molecule has 1 saturated heterocycles. The number of anilines is 1. The van der Waals surface area contributed by atoms with Gasteiger partial charge in [-0.25, -0.2) is 9.18 Å². The Bertz CT molecular complexity index is 1370. The van der Waals surface area contributed by atoms with Gasteiger partial charge in [0.2, 0.25) is 5.91 Å². The van der Waals surface area contributed by atoms with Crippen molar-refractivity contribution in [2.45, 2.75) is 25.3 Å². The summed E-state index contributed by atoms with van der Waals surface area (Å²) in [5, 5.41) is 7.16. The highest BCUT2D eigenvalue weighted by Crippen LogP contribution is 2.32. The third-order valence-corrected chi connectivity index (χ3v) is 6.29. The van der Waals surface area contributed by atoms with Gasteiger partial charge in [-0.2, -0.15) is 0 Å². The van der Waals surface area contributed by atoms with Gasteiger partial charge in [-0.1, -0.05) is 36.4 Å². The predicted octanol–water partition coefficient (Wildman–Crippen LogP) is 3.51. The minimum absolute atomic E-state index is 0.215. The van der Waals surface area contributed by atoms with Crippen LogP contribution in [0.15, 0.2) is 54.6 Å². The molecule has 1 fully saturated rings. The summed E-state index contributed by atoms with van der Waals surface area (Å²) in [7, 11) is 0. The summed E-state index contributed by atoms with van der Waals surface area (Å²) in [4.78, 5) is 51.1. The molecular formula is C25H20FN3O4. The topological polar surface area (TPSA) is 95.6 Å². The number of halogens is 1. The summed E-state index contributed by atoms with van der Waals surface area (Å²) < 4.78 is 14.6. The van der Waals surface area contributed by atoms with E-state index in [1.165, 1.54) is 6.07 Å². The van der Waals surface area contributed by atoms with Crippen LogP contribution in [0.3, 0.4) is 0 Å². The van der Waals surface area contributed by atoms with Crippen LogP contribution in [0.1, 0.15) is 34.8 Å². The molecule has 1 atom stereocenters. The number of rotatable bonds is 4. The first-order valence-electron chi connectivity index (χ1n) is 10.5. The van der Waals surface area contributed by atoms with Crippen molar-refractivity contribution in [1.29, 1.82) is 0 Å². The van der Waals surface area contributed by atoms with Gasteiger partial charge < -0.3 is 10.6 Å². The molecule has 0 spiro atoms. The number of ketones is 1. The highest BCUT2D eigenvalue weighted by Gasteiger charge is 2.49. The Morgan fingerprint density at radius 2 is 1.79 bits per heavy atom. The monoisotopic (exact) mass is 445 g/mol. The van der Waals surface area contributed by atoms with E-state index in [1.807, 2.05) is 36.4 Å². The van der Waals surface area contributed by atoms with Crippen molar-refractivity contribution < 1.29 is 23.6 Å². The van der Waals surface area contributed by atoms with E-state index < -0.39 is 35.6 Å². The quantitative estimate of drug-likeness (QED) is 0.475. The SMILES string of the molecule is CC1(c2ccc3ccccc3c2)NC(=O)N(CC(=O)c2cc3c(cc2F)NC(=O)CC3)C1=O. The lowest BCUT2D eigenvalue weighted by molar-refractivity contribution is -0.130. The van der Waals surface area contributed by atoms with Gasteiger partial charge in [-0.3, -0.25) is 19.3 Å². The average Bonchev–Trinajstić information content (AvgIpc) is 3.02. The molecule has 7 nitrogen and oxygen atoms in total. The first kappa shape index (κ1) is 20.8. The maximum absolute atomic E-state index is 14.6. The molecule has 2 aliphatic heterocycles. The number of Topliss-reactive ketones (excluding diaryl/α,β-unsaturated/α-hetero) is 1. The molecule has 5 rings (SSSR count). The second-order valence-corrected chi connectivity index (χ2v) is 8.47. The van der Waals surface area contributed by atoms with Gasteiger partial charge in [-0.15, -0.1) is 0 Å². The van der Waals surface area contributed by atoms with Crippen molar-refractivity contribution in [2.75, 3.05) is 11.9 Å². The van der Waals surface area contributed by atoms with Crippen LogP contribution >= 0.6 is 0 Å². The van der Waals surface area contributed by atoms with Gasteiger partial charge in [0.05, 0.1) is 12.1 Å². The molecule has 4 amide bonds. The number of aryl methyl sites for hydroxylation is 1. The zero-order chi connectivity index (χ0) is 23.3. The Morgan fingerprint density at radius 1 is 1.03 bits per heavy atom. The van der Waals surface area contributed by atoms with Crippen LogP contribution in [-0.4, -0.2) is 35.1 Å². The number of hydrogen-bond acceptors (Lipinski definition) is 4. The standard InChI is InChI=1S/C25H20FN3O4/c1-25(17-8-6-14-4-2-3-5-15(14)10-17)23(32)29(24(33)28-25)13-21(30)18-11-16-7-9-22(31)27-20(16)12-19(18)26/h2-6,8,10-12H,7,9,13H2,1H3,(H,27,31)(H,28,33). The summed E-state index contributed by atoms with van der Waals surface area (Å²) in [6.45, 7) is 1.000. The fourth-order valence-corrected chi connectivity index (χ4v) is 4.38. The number of amides is 4. The molecule has 0 saturated carbocycles. The van der Waals surface area contributed by atoms with Crippen LogP contribution in [-0.2, 0) is 21.5 Å². The molecule has 3 aromatic carbocycles. The third-order valence-electron chi connectivity index (χ3n) is 6.29. The van der Waals surface area contributed by atoms with Gasteiger partial charge in [0.25, 0.3) is 5.91 Å². The van der Waals surface area contributed by atoms with Crippen molar-refractivity contribution in [3.8, 4) is 0 Å². The number of benzene rings is 3. The molecule has 2 heterocycles. The number of urea groups is 1. The summed E-state index contributed by atoms with van der Waals surface area (Å²) in [5.41, 5.74) is -0.00758. The largest absolute Gasteiger partial charge is 0.326 e. The average molecular weight is 445 g/mol. The molecule has 3 aromatic rings. The summed E-state index contributed by atoms with van der Waals surface area (Å²) in [5.74, 6) is -2.31. The Morgan fingerprint density at radius 3 is 2.58 bits per heavy atom. The van der Waals surface area contributed by atoms with Crippen molar-refractivity contribution in [3.63, 3.8) is 0 Å². The number of hydrogen-bond donors (Lipinski definition) is 2. The Kier molecular flexibility index (Phi) is 4.74. The van der Waals surface area contributed by atoms with Crippen LogP contribution in [0.5, 0.6) is 0 Å². The van der Waals surface area contributed by atoms with Gasteiger partial charge >= 0.3 is 6.03 Å². The molecule has 0 bridgehead atoms. The number of imide groups is 1. The molecule has 1 unspecified atom stereocenters. The number of nitrogens with zero attached hydrogens (tertiary/aromatic N) is 1. The van der Waals surface area contributed by atoms with Gasteiger partial charge in [0.1, 0.15) is 11.4 Å².